The summed E-state index contributed by atoms with van der Waals surface area (Å²) in [6.07, 6.45) is 4.64. The highest BCUT2D eigenvalue weighted by atomic mass is 17.1. The van der Waals surface area contributed by atoms with E-state index in [1.165, 1.54) is 0 Å². The van der Waals surface area contributed by atoms with Gasteiger partial charge >= 0.3 is 5.97 Å². The number of nitrogens with zero attached hydrogens (tertiary/aromatic N) is 2. The lowest BCUT2D eigenvalue weighted by molar-refractivity contribution is -0.324. The van der Waals surface area contributed by atoms with E-state index in [-0.39, 0.29) is 45.9 Å². The average Bonchev–Trinajstić information content (AvgIpc) is 2.87. The molecule has 43 heavy (non-hydrogen) atoms. The van der Waals surface area contributed by atoms with E-state index in [4.69, 9.17) is 9.62 Å². The largest absolute Gasteiger partial charge is 0.507 e. The highest BCUT2D eigenvalue weighted by molar-refractivity contribution is 5.78. The fourth-order valence-corrected chi connectivity index (χ4v) is 8.56. The normalized spacial score (nSPS) is 24.8. The van der Waals surface area contributed by atoms with Crippen LogP contribution in [0.25, 0.3) is 0 Å². The highest BCUT2D eigenvalue weighted by Crippen LogP contribution is 2.49. The predicted molar refractivity (Wildman–Crippen MR) is 174 cm³/mol. The van der Waals surface area contributed by atoms with Crippen molar-refractivity contribution in [2.24, 2.45) is 11.3 Å². The second-order valence-electron chi connectivity index (χ2n) is 16.5. The third-order valence-electron chi connectivity index (χ3n) is 11.4. The Morgan fingerprint density at radius 2 is 1.35 bits per heavy atom. The molecule has 0 amide bonds. The molecule has 1 aromatic rings. The topological polar surface area (TPSA) is 82.5 Å². The van der Waals surface area contributed by atoms with Crippen molar-refractivity contribution in [2.75, 3.05) is 14.1 Å². The fourth-order valence-electron chi connectivity index (χ4n) is 8.56. The molecule has 0 aromatic heterocycles. The number of ether oxygens (including phenoxy) is 1. The van der Waals surface area contributed by atoms with Gasteiger partial charge in [0.15, 0.2) is 0 Å². The number of rotatable bonds is 10. The van der Waals surface area contributed by atoms with E-state index >= 15 is 0 Å². The van der Waals surface area contributed by atoms with Crippen LogP contribution in [-0.2, 0) is 20.8 Å². The van der Waals surface area contributed by atoms with E-state index < -0.39 is 11.5 Å². The number of unbranched alkanes of at least 4 members (excludes halogenated alkanes) is 1. The predicted octanol–water partition coefficient (Wildman–Crippen LogP) is 7.68. The molecule has 246 valence electrons. The first-order chi connectivity index (χ1) is 19.6. The van der Waals surface area contributed by atoms with Gasteiger partial charge in [0.1, 0.15) is 23.4 Å². The molecule has 0 aliphatic carbocycles. The van der Waals surface area contributed by atoms with Gasteiger partial charge in [0.2, 0.25) is 0 Å². The van der Waals surface area contributed by atoms with Gasteiger partial charge in [0.05, 0.1) is 0 Å². The molecule has 2 heterocycles. The summed E-state index contributed by atoms with van der Waals surface area (Å²) >= 11 is 0. The van der Waals surface area contributed by atoms with Gasteiger partial charge in [0.25, 0.3) is 0 Å². The summed E-state index contributed by atoms with van der Waals surface area (Å²) in [5.41, 5.74) is 0.791. The number of piperidine rings is 2. The highest BCUT2D eigenvalue weighted by Gasteiger charge is 2.56. The van der Waals surface area contributed by atoms with Crippen molar-refractivity contribution < 1.29 is 24.8 Å². The summed E-state index contributed by atoms with van der Waals surface area (Å²) in [6.45, 7) is 23.7. The van der Waals surface area contributed by atoms with E-state index in [1.807, 2.05) is 26.0 Å². The monoisotopic (exact) mass is 602 g/mol. The maximum atomic E-state index is 14.9. The number of likely N-dealkylation sites (tertiary alicyclic amines) is 2. The molecule has 2 aliphatic heterocycles. The molecule has 3 rings (SSSR count). The van der Waals surface area contributed by atoms with Crippen molar-refractivity contribution in [2.45, 2.75) is 162 Å². The summed E-state index contributed by atoms with van der Waals surface area (Å²) in [5.74, 6) is -0.0746. The molecule has 2 saturated heterocycles. The van der Waals surface area contributed by atoms with Crippen LogP contribution in [0.2, 0.25) is 0 Å². The van der Waals surface area contributed by atoms with E-state index in [1.54, 1.807) is 0 Å². The quantitative estimate of drug-likeness (QED) is 0.161. The molecular formula is C36H62N2O5. The summed E-state index contributed by atoms with van der Waals surface area (Å²) in [4.78, 5) is 25.3. The van der Waals surface area contributed by atoms with Crippen LogP contribution in [0, 0.1) is 25.2 Å². The van der Waals surface area contributed by atoms with Gasteiger partial charge in [-0.15, -0.1) is 0 Å². The smallest absolute Gasteiger partial charge is 0.315 e. The van der Waals surface area contributed by atoms with Crippen LogP contribution in [0.3, 0.4) is 0 Å². The van der Waals surface area contributed by atoms with Gasteiger partial charge < -0.3 is 9.84 Å². The van der Waals surface area contributed by atoms with E-state index in [2.05, 4.69) is 86.2 Å². The number of carbonyl (C=O) groups excluding carboxylic acids is 1. The average molecular weight is 603 g/mol. The summed E-state index contributed by atoms with van der Waals surface area (Å²) in [6, 6.07) is 3.93. The van der Waals surface area contributed by atoms with Crippen LogP contribution in [0.4, 0.5) is 0 Å². The SMILES string of the molecule is CCCCC(Cc1cc(C)c(O)c(C)c1)(C(=O)OC1CC(C)(C)N(C)C(C)(C)C1)C(OO)C1CC(C)(C)N(C)C(C)(C)C1. The van der Waals surface area contributed by atoms with E-state index in [0.29, 0.717) is 12.8 Å². The standard InChI is InChI=1S/C36H62N2O5/c1-14-15-16-36(19-26-17-24(2)29(39)25(3)18-26,30(43-41)27-20-32(4,5)37(12)33(6,7)21-27)31(40)42-28-22-34(8,9)38(13)35(10,11)23-28/h17-18,27-28,30,39,41H,14-16,19-23H2,1-13H3. The first-order valence-electron chi connectivity index (χ1n) is 16.4. The lowest BCUT2D eigenvalue weighted by Crippen LogP contribution is -2.63. The summed E-state index contributed by atoms with van der Waals surface area (Å²) < 4.78 is 6.61. The van der Waals surface area contributed by atoms with Crippen molar-refractivity contribution in [1.29, 1.82) is 0 Å². The Balaban J connectivity index is 2.16. The molecule has 2 atom stereocenters. The van der Waals surface area contributed by atoms with Crippen LogP contribution < -0.4 is 0 Å². The first kappa shape index (κ1) is 35.8. The Kier molecular flexibility index (Phi) is 10.5. The maximum absolute atomic E-state index is 14.9. The number of aromatic hydroxyl groups is 1. The Bertz CT molecular complexity index is 1080. The molecule has 2 fully saturated rings. The molecule has 2 unspecified atom stereocenters. The van der Waals surface area contributed by atoms with E-state index in [9.17, 15) is 15.2 Å². The summed E-state index contributed by atoms with van der Waals surface area (Å²) in [7, 11) is 4.31. The van der Waals surface area contributed by atoms with Crippen LogP contribution in [0.15, 0.2) is 12.1 Å². The number of esters is 1. The van der Waals surface area contributed by atoms with Gasteiger partial charge in [-0.1, -0.05) is 31.9 Å². The zero-order valence-electron chi connectivity index (χ0n) is 29.6. The molecule has 2 aliphatic rings. The third-order valence-corrected chi connectivity index (χ3v) is 11.4. The fraction of sp³-hybridized carbons (Fsp3) is 0.806. The molecule has 0 spiro atoms. The van der Waals surface area contributed by atoms with Crippen LogP contribution in [-0.4, -0.2) is 74.6 Å². The lowest BCUT2D eigenvalue weighted by Gasteiger charge is -2.56. The molecule has 7 heteroatoms. The second-order valence-corrected chi connectivity index (χ2v) is 16.5. The van der Waals surface area contributed by atoms with E-state index in [0.717, 1.165) is 55.2 Å². The van der Waals surface area contributed by atoms with Gasteiger partial charge in [-0.2, -0.15) is 0 Å². The molecule has 1 aromatic carbocycles. The van der Waals surface area contributed by atoms with Crippen LogP contribution >= 0.6 is 0 Å². The van der Waals surface area contributed by atoms with Crippen molar-refractivity contribution in [1.82, 2.24) is 9.80 Å². The second kappa shape index (κ2) is 12.6. The number of hydrogen-bond acceptors (Lipinski definition) is 7. The Morgan fingerprint density at radius 3 is 1.77 bits per heavy atom. The number of hydrogen-bond donors (Lipinski definition) is 2. The zero-order valence-corrected chi connectivity index (χ0v) is 29.6. The molecule has 0 radical (unpaired) electrons. The molecule has 7 nitrogen and oxygen atoms in total. The number of carbonyl (C=O) groups is 1. The van der Waals surface area contributed by atoms with Crippen molar-refractivity contribution in [3.05, 3.63) is 28.8 Å². The van der Waals surface area contributed by atoms with Gasteiger partial charge in [-0.3, -0.25) is 19.9 Å². The van der Waals surface area contributed by atoms with Crippen molar-refractivity contribution in [3.8, 4) is 5.75 Å². The minimum atomic E-state index is -1.11. The van der Waals surface area contributed by atoms with Crippen molar-refractivity contribution >= 4 is 5.97 Å². The Hall–Kier alpha value is -1.67. The summed E-state index contributed by atoms with van der Waals surface area (Å²) in [5, 5.41) is 21.4. The zero-order chi connectivity index (χ0) is 32.8. The Labute approximate surface area is 262 Å². The third kappa shape index (κ3) is 7.26. The number of aryl methyl sites for hydroxylation is 2. The maximum Gasteiger partial charge on any atom is 0.315 e. The number of phenolic OH excluding ortho intramolecular Hbond substituents is 1. The first-order valence-corrected chi connectivity index (χ1v) is 16.4. The van der Waals surface area contributed by atoms with Gasteiger partial charge in [-0.25, -0.2) is 4.89 Å². The lowest BCUT2D eigenvalue weighted by atomic mass is 9.62. The molecule has 2 N–H and O–H groups in total. The van der Waals surface area contributed by atoms with Crippen LogP contribution in [0.5, 0.6) is 5.75 Å². The minimum Gasteiger partial charge on any atom is -0.507 e. The molecular weight excluding hydrogens is 540 g/mol. The number of benzene rings is 1. The van der Waals surface area contributed by atoms with Crippen molar-refractivity contribution in [3.63, 3.8) is 0 Å². The Morgan fingerprint density at radius 1 is 0.907 bits per heavy atom. The number of phenols is 1. The molecule has 0 bridgehead atoms. The molecule has 0 saturated carbocycles. The minimum absolute atomic E-state index is 0.0692. The van der Waals surface area contributed by atoms with Gasteiger partial charge in [0, 0.05) is 35.0 Å². The van der Waals surface area contributed by atoms with Crippen LogP contribution in [0.1, 0.15) is 124 Å². The van der Waals surface area contributed by atoms with Gasteiger partial charge in [-0.05, 0) is 132 Å².